The minimum Gasteiger partial charge on any atom is -0.494 e. The van der Waals surface area contributed by atoms with Gasteiger partial charge in [0.2, 0.25) is 0 Å². The highest BCUT2D eigenvalue weighted by Crippen LogP contribution is 2.30. The monoisotopic (exact) mass is 618 g/mol. The lowest BCUT2D eigenvalue weighted by molar-refractivity contribution is -0.139. The molecule has 2 aromatic carbocycles. The van der Waals surface area contributed by atoms with Crippen LogP contribution in [0.25, 0.3) is 6.08 Å². The molecule has 7 nitrogen and oxygen atoms in total. The van der Waals surface area contributed by atoms with Crippen molar-refractivity contribution in [2.75, 3.05) is 18.5 Å². The number of carboxylic acids is 1. The normalized spacial score (nSPS) is 10.8. The van der Waals surface area contributed by atoms with Crippen molar-refractivity contribution in [1.29, 1.82) is 5.26 Å². The Bertz CT molecular complexity index is 958. The molecule has 0 aliphatic rings. The number of ether oxygens (including phenoxy) is 2. The molecular weight excluding hydrogens is 602 g/mol. The highest BCUT2D eigenvalue weighted by Gasteiger charge is 2.13. The van der Waals surface area contributed by atoms with Crippen LogP contribution in [0.2, 0.25) is 0 Å². The Morgan fingerprint density at radius 3 is 2.31 bits per heavy atom. The first-order chi connectivity index (χ1) is 13.8. The summed E-state index contributed by atoms with van der Waals surface area (Å²) >= 11 is 4.03. The van der Waals surface area contributed by atoms with E-state index in [1.807, 2.05) is 58.2 Å². The van der Waals surface area contributed by atoms with Crippen molar-refractivity contribution in [2.24, 2.45) is 0 Å². The summed E-state index contributed by atoms with van der Waals surface area (Å²) in [5.41, 5.74) is 1.10. The van der Waals surface area contributed by atoms with E-state index in [2.05, 4.69) is 5.32 Å². The number of carbonyl (C=O) groups is 2. The zero-order chi connectivity index (χ0) is 21.4. The summed E-state index contributed by atoms with van der Waals surface area (Å²) in [6.07, 6.45) is 1.47. The summed E-state index contributed by atoms with van der Waals surface area (Å²) in [7, 11) is 0. The van der Waals surface area contributed by atoms with E-state index in [0.29, 0.717) is 36.5 Å². The van der Waals surface area contributed by atoms with E-state index in [4.69, 9.17) is 14.6 Å². The van der Waals surface area contributed by atoms with Gasteiger partial charge >= 0.3 is 5.97 Å². The van der Waals surface area contributed by atoms with E-state index in [-0.39, 0.29) is 5.57 Å². The summed E-state index contributed by atoms with van der Waals surface area (Å²) in [6, 6.07) is 12.2. The molecule has 29 heavy (non-hydrogen) atoms. The maximum absolute atomic E-state index is 12.4. The Morgan fingerprint density at radius 1 is 1.17 bits per heavy atom. The predicted octanol–water partition coefficient (Wildman–Crippen LogP) is 4.30. The minimum atomic E-state index is -1.07. The van der Waals surface area contributed by atoms with Crippen LogP contribution in [0.5, 0.6) is 11.5 Å². The Morgan fingerprint density at radius 2 is 1.79 bits per heavy atom. The number of hydrogen-bond acceptors (Lipinski definition) is 5. The van der Waals surface area contributed by atoms with Gasteiger partial charge in [0.05, 0.1) is 13.7 Å². The molecule has 9 heteroatoms. The van der Waals surface area contributed by atoms with E-state index in [9.17, 15) is 14.9 Å². The smallest absolute Gasteiger partial charge is 0.341 e. The van der Waals surface area contributed by atoms with E-state index in [1.54, 1.807) is 36.4 Å². The highest BCUT2D eigenvalue weighted by atomic mass is 127. The maximum atomic E-state index is 12.4. The lowest BCUT2D eigenvalue weighted by atomic mass is 10.1. The lowest BCUT2D eigenvalue weighted by Crippen LogP contribution is -2.13. The maximum Gasteiger partial charge on any atom is 0.341 e. The topological polar surface area (TPSA) is 109 Å². The number of halogens is 2. The second kappa shape index (κ2) is 11.0. The van der Waals surface area contributed by atoms with Crippen LogP contribution in [0.3, 0.4) is 0 Å². The van der Waals surface area contributed by atoms with Gasteiger partial charge in [0.25, 0.3) is 5.91 Å². The molecule has 0 aliphatic carbocycles. The first-order valence-electron chi connectivity index (χ1n) is 8.33. The van der Waals surface area contributed by atoms with Crippen LogP contribution in [0.1, 0.15) is 12.5 Å². The number of benzene rings is 2. The van der Waals surface area contributed by atoms with Crippen LogP contribution < -0.4 is 14.8 Å². The third kappa shape index (κ3) is 6.90. The molecule has 0 atom stereocenters. The summed E-state index contributed by atoms with van der Waals surface area (Å²) in [6.45, 7) is 1.98. The zero-order valence-corrected chi connectivity index (χ0v) is 19.6. The van der Waals surface area contributed by atoms with Gasteiger partial charge in [-0.25, -0.2) is 4.79 Å². The zero-order valence-electron chi connectivity index (χ0n) is 15.2. The van der Waals surface area contributed by atoms with Crippen LogP contribution in [-0.2, 0) is 9.59 Å². The van der Waals surface area contributed by atoms with Gasteiger partial charge in [0, 0.05) is 5.69 Å². The molecule has 2 rings (SSSR count). The van der Waals surface area contributed by atoms with Crippen molar-refractivity contribution in [3.05, 3.63) is 54.7 Å². The molecule has 0 saturated carbocycles. The Kier molecular flexibility index (Phi) is 8.71. The molecule has 0 aliphatic heterocycles. The Balaban J connectivity index is 2.18. The first-order valence-corrected chi connectivity index (χ1v) is 10.5. The van der Waals surface area contributed by atoms with Crippen LogP contribution in [0, 0.1) is 18.5 Å². The highest BCUT2D eigenvalue weighted by molar-refractivity contribution is 14.1. The van der Waals surface area contributed by atoms with Crippen molar-refractivity contribution in [2.45, 2.75) is 6.92 Å². The van der Waals surface area contributed by atoms with Crippen molar-refractivity contribution in [3.63, 3.8) is 0 Å². The van der Waals surface area contributed by atoms with Crippen molar-refractivity contribution >= 4 is 68.8 Å². The van der Waals surface area contributed by atoms with E-state index >= 15 is 0 Å². The second-order valence-electron chi connectivity index (χ2n) is 5.58. The molecule has 0 radical (unpaired) electrons. The number of aliphatic carboxylic acids is 1. The number of nitrogens with one attached hydrogen (secondary N) is 1. The van der Waals surface area contributed by atoms with Gasteiger partial charge in [-0.05, 0) is 100 Å². The molecule has 0 heterocycles. The first kappa shape index (κ1) is 23.0. The molecule has 0 unspecified atom stereocenters. The fraction of sp³-hybridized carbons (Fsp3) is 0.150. The van der Waals surface area contributed by atoms with Gasteiger partial charge in [-0.3, -0.25) is 4.79 Å². The Labute approximate surface area is 195 Å². The number of hydrogen-bond donors (Lipinski definition) is 2. The fourth-order valence-corrected chi connectivity index (χ4v) is 4.38. The van der Waals surface area contributed by atoms with E-state index in [1.165, 1.54) is 6.08 Å². The predicted molar refractivity (Wildman–Crippen MR) is 125 cm³/mol. The third-order valence-corrected chi connectivity index (χ3v) is 5.06. The van der Waals surface area contributed by atoms with Gasteiger partial charge in [-0.1, -0.05) is 0 Å². The van der Waals surface area contributed by atoms with Crippen LogP contribution >= 0.6 is 45.2 Å². The average molecular weight is 618 g/mol. The number of nitriles is 1. The molecule has 2 N–H and O–H groups in total. The quantitative estimate of drug-likeness (QED) is 0.260. The molecule has 0 bridgehead atoms. The number of amides is 1. The van der Waals surface area contributed by atoms with E-state index in [0.717, 1.165) is 0 Å². The molecule has 1 amide bonds. The number of anilines is 1. The number of carbonyl (C=O) groups excluding carboxylic acids is 1. The molecular formula is C20H16I2N2O5. The largest absolute Gasteiger partial charge is 0.494 e. The molecule has 2 aromatic rings. The Hall–Kier alpha value is -2.33. The standard InChI is InChI=1S/C20H16I2N2O5/c1-2-28-15-5-3-14(4-6-15)24-20(27)13(10-23)7-12-8-16(21)19(17(22)9-12)29-11-18(25)26/h3-9H,2,11H2,1H3,(H,24,27)(H,25,26)/b13-7-. The molecule has 0 fully saturated rings. The van der Waals surface area contributed by atoms with Gasteiger partial charge in [-0.2, -0.15) is 5.26 Å². The number of carboxylic acid groups (broad SMARTS) is 1. The van der Waals surface area contributed by atoms with Gasteiger partial charge in [-0.15, -0.1) is 0 Å². The van der Waals surface area contributed by atoms with Crippen molar-refractivity contribution in [1.82, 2.24) is 0 Å². The average Bonchev–Trinajstić information content (AvgIpc) is 2.67. The van der Waals surface area contributed by atoms with Crippen molar-refractivity contribution < 1.29 is 24.2 Å². The molecule has 0 spiro atoms. The van der Waals surface area contributed by atoms with Crippen LogP contribution in [0.4, 0.5) is 5.69 Å². The molecule has 0 aromatic heterocycles. The summed E-state index contributed by atoms with van der Waals surface area (Å²) in [4.78, 5) is 23.1. The van der Waals surface area contributed by atoms with Crippen LogP contribution in [0.15, 0.2) is 42.0 Å². The van der Waals surface area contributed by atoms with Crippen LogP contribution in [-0.4, -0.2) is 30.2 Å². The molecule has 0 saturated heterocycles. The minimum absolute atomic E-state index is 0.0651. The second-order valence-corrected chi connectivity index (χ2v) is 7.90. The summed E-state index contributed by atoms with van der Waals surface area (Å²) in [5, 5.41) is 20.8. The SMILES string of the molecule is CCOc1ccc(NC(=O)/C(C#N)=C\c2cc(I)c(OCC(=O)O)c(I)c2)cc1. The van der Waals surface area contributed by atoms with Gasteiger partial charge in [0.1, 0.15) is 23.1 Å². The number of nitrogens with zero attached hydrogens (tertiary/aromatic N) is 1. The third-order valence-electron chi connectivity index (χ3n) is 3.46. The number of rotatable bonds is 8. The van der Waals surface area contributed by atoms with Crippen molar-refractivity contribution in [3.8, 4) is 17.6 Å². The molecule has 150 valence electrons. The van der Waals surface area contributed by atoms with Gasteiger partial charge in [0.15, 0.2) is 6.61 Å². The van der Waals surface area contributed by atoms with E-state index < -0.39 is 18.5 Å². The summed E-state index contributed by atoms with van der Waals surface area (Å²) < 4.78 is 12.0. The summed E-state index contributed by atoms with van der Waals surface area (Å²) in [5.74, 6) is -0.467. The lowest BCUT2D eigenvalue weighted by Gasteiger charge is -2.10. The van der Waals surface area contributed by atoms with Gasteiger partial charge < -0.3 is 19.9 Å². The fourth-order valence-electron chi connectivity index (χ4n) is 2.25.